The van der Waals surface area contributed by atoms with Gasteiger partial charge in [0.2, 0.25) is 0 Å². The van der Waals surface area contributed by atoms with E-state index in [0.29, 0.717) is 30.7 Å². The number of hydrogen-bond acceptors (Lipinski definition) is 10. The molecule has 36 heavy (non-hydrogen) atoms. The summed E-state index contributed by atoms with van der Waals surface area (Å²) in [6.45, 7) is 3.57. The molecule has 19 heteroatoms. The second kappa shape index (κ2) is 11.4. The molecule has 0 aromatic heterocycles. The summed E-state index contributed by atoms with van der Waals surface area (Å²) in [5.41, 5.74) is 2.39. The van der Waals surface area contributed by atoms with Crippen LogP contribution in [0.1, 0.15) is 19.3 Å². The maximum absolute atomic E-state index is 12.5. The third-order valence-corrected chi connectivity index (χ3v) is 6.34. The quantitative estimate of drug-likeness (QED) is 0.217. The first-order valence-electron chi connectivity index (χ1n) is 10.8. The molecule has 4 atom stereocenters. The smallest absolute Gasteiger partial charge is 0.475 e. The summed E-state index contributed by atoms with van der Waals surface area (Å²) >= 11 is 0. The van der Waals surface area contributed by atoms with E-state index >= 15 is 0 Å². The number of rotatable bonds is 7. The van der Waals surface area contributed by atoms with Gasteiger partial charge in [-0.05, 0) is 19.3 Å². The normalized spacial score (nSPS) is 28.7. The molecule has 4 fully saturated rings. The molecule has 0 aromatic rings. The number of carboxylic acid groups (broad SMARTS) is 1. The Bertz CT molecular complexity index is 933. The molecule has 4 aliphatic rings. The number of amides is 3. The number of nitrogens with zero attached hydrogens (tertiary/aromatic N) is 3. The van der Waals surface area contributed by atoms with Gasteiger partial charge in [0.1, 0.15) is 6.04 Å². The minimum Gasteiger partial charge on any atom is -0.475 e. The van der Waals surface area contributed by atoms with Crippen molar-refractivity contribution in [3.63, 3.8) is 0 Å². The van der Waals surface area contributed by atoms with Crippen LogP contribution in [0.25, 0.3) is 0 Å². The zero-order chi connectivity index (χ0) is 26.7. The fraction of sp³-hybridized carbons (Fsp3) is 0.824. The highest BCUT2D eigenvalue weighted by Gasteiger charge is 2.49. The molecule has 0 radical (unpaired) electrons. The van der Waals surface area contributed by atoms with Crippen molar-refractivity contribution in [1.29, 1.82) is 0 Å². The van der Waals surface area contributed by atoms with Crippen molar-refractivity contribution in [2.75, 3.05) is 39.6 Å². The van der Waals surface area contributed by atoms with Crippen molar-refractivity contribution in [1.82, 2.24) is 25.7 Å². The highest BCUT2D eigenvalue weighted by Crippen LogP contribution is 2.30. The molecule has 0 saturated carbocycles. The number of ether oxygens (including phenoxy) is 1. The van der Waals surface area contributed by atoms with Crippen LogP contribution in [0, 0.1) is 0 Å². The number of aliphatic carboxylic acids is 1. The summed E-state index contributed by atoms with van der Waals surface area (Å²) in [7, 11) is -4.82. The van der Waals surface area contributed by atoms with Crippen LogP contribution < -0.4 is 10.8 Å². The molecule has 4 N–H and O–H groups in total. The van der Waals surface area contributed by atoms with Crippen molar-refractivity contribution < 1.29 is 59.5 Å². The monoisotopic (exact) mass is 549 g/mol. The zero-order valence-corrected chi connectivity index (χ0v) is 19.5. The average molecular weight is 549 g/mol. The number of nitrogens with one attached hydrogen (secondary N) is 2. The van der Waals surface area contributed by atoms with Crippen LogP contribution in [0.5, 0.6) is 0 Å². The maximum Gasteiger partial charge on any atom is 0.490 e. The molecule has 2 bridgehead atoms. The molecule has 0 aliphatic carbocycles. The third-order valence-electron chi connectivity index (χ3n) is 5.99. The molecule has 4 rings (SSSR count). The Labute approximate surface area is 203 Å². The van der Waals surface area contributed by atoms with Crippen LogP contribution in [0.2, 0.25) is 0 Å². The van der Waals surface area contributed by atoms with Crippen molar-refractivity contribution in [3.8, 4) is 0 Å². The van der Waals surface area contributed by atoms with E-state index in [1.807, 2.05) is 0 Å². The van der Waals surface area contributed by atoms with Gasteiger partial charge in [-0.25, -0.2) is 15.1 Å². The number of hydroxylamine groups is 3. The molecule has 15 nitrogen and oxygen atoms in total. The lowest BCUT2D eigenvalue weighted by atomic mass is 10.0. The van der Waals surface area contributed by atoms with E-state index in [1.165, 1.54) is 4.90 Å². The Morgan fingerprint density at radius 1 is 1.25 bits per heavy atom. The number of halogens is 3. The topological polar surface area (TPSA) is 187 Å². The molecule has 0 aromatic carbocycles. The summed E-state index contributed by atoms with van der Waals surface area (Å²) in [5.74, 6) is -3.24. The number of piperidine rings is 1. The van der Waals surface area contributed by atoms with Gasteiger partial charge in [-0.1, -0.05) is 0 Å². The van der Waals surface area contributed by atoms with E-state index in [1.54, 1.807) is 0 Å². The number of carbonyl (C=O) groups excluding carboxylic acids is 2. The Morgan fingerprint density at radius 2 is 1.94 bits per heavy atom. The van der Waals surface area contributed by atoms with Gasteiger partial charge >= 0.3 is 28.6 Å². The van der Waals surface area contributed by atoms with E-state index in [9.17, 15) is 31.2 Å². The first-order chi connectivity index (χ1) is 16.8. The van der Waals surface area contributed by atoms with Crippen LogP contribution in [0.4, 0.5) is 18.0 Å². The third kappa shape index (κ3) is 7.37. The van der Waals surface area contributed by atoms with E-state index < -0.39 is 46.6 Å². The predicted molar refractivity (Wildman–Crippen MR) is 109 cm³/mol. The summed E-state index contributed by atoms with van der Waals surface area (Å²) in [6.07, 6.45) is -3.51. The summed E-state index contributed by atoms with van der Waals surface area (Å²) in [5, 5.41) is 11.1. The lowest BCUT2D eigenvalue weighted by molar-refractivity contribution is -0.192. The van der Waals surface area contributed by atoms with Gasteiger partial charge in [0.25, 0.3) is 5.91 Å². The molecule has 0 spiro atoms. The fourth-order valence-electron chi connectivity index (χ4n) is 4.30. The molecular weight excluding hydrogens is 523 g/mol. The van der Waals surface area contributed by atoms with E-state index in [0.717, 1.165) is 26.1 Å². The van der Waals surface area contributed by atoms with Crippen molar-refractivity contribution in [3.05, 3.63) is 0 Å². The minimum absolute atomic E-state index is 0.101. The number of fused-ring (bicyclic) bond motifs is 2. The fourth-order valence-corrected chi connectivity index (χ4v) is 4.69. The lowest BCUT2D eigenvalue weighted by Gasteiger charge is -2.29. The Kier molecular flexibility index (Phi) is 8.96. The number of alkyl halides is 3. The maximum atomic E-state index is 12.5. The minimum atomic E-state index is -5.08. The van der Waals surface area contributed by atoms with E-state index in [4.69, 9.17) is 24.0 Å². The van der Waals surface area contributed by atoms with Gasteiger partial charge in [-0.2, -0.15) is 26.7 Å². The predicted octanol–water partition coefficient (Wildman–Crippen LogP) is -1.31. The standard InChI is InChI=1S/C15H25N5O8S.C2HF3O2/c21-14(17-27-8-10-5-12(6-16-10)18-3-4-26-9-18)13-2-1-11-7-19(13)15(22)20(11)28-29(23,24)25;3-2(4,5)1(6)7/h10-13,16H,1-9H2,(H,17,21)(H,23,24,25);(H,6,7)/t10-,11+,12-,13-;/m0./s1. The first-order valence-corrected chi connectivity index (χ1v) is 12.2. The van der Waals surface area contributed by atoms with Crippen LogP contribution in [-0.4, -0.2) is 121 Å². The molecular formula is C17H26F3N5O10S. The van der Waals surface area contributed by atoms with Gasteiger partial charge in [-0.3, -0.25) is 19.1 Å². The lowest BCUT2D eigenvalue weighted by Crippen LogP contribution is -2.50. The largest absolute Gasteiger partial charge is 0.490 e. The molecule has 206 valence electrons. The average Bonchev–Trinajstić information content (AvgIpc) is 3.51. The second-order valence-corrected chi connectivity index (χ2v) is 9.44. The SMILES string of the molecule is O=C(NOC[C@@H]1C[C@H](N2CCOC2)CN1)[C@@H]1CC[C@@H]2CN1C(=O)N2OS(=O)(=O)O.O=C(O)C(F)(F)F. The van der Waals surface area contributed by atoms with Crippen LogP contribution in [-0.2, 0) is 33.8 Å². The number of carbonyl (C=O) groups is 3. The number of urea groups is 1. The summed E-state index contributed by atoms with van der Waals surface area (Å²) < 4.78 is 72.1. The van der Waals surface area contributed by atoms with Gasteiger partial charge in [0.05, 0.1) is 26.0 Å². The Balaban J connectivity index is 0.000000454. The van der Waals surface area contributed by atoms with Gasteiger partial charge in [0.15, 0.2) is 0 Å². The molecule has 4 saturated heterocycles. The highest BCUT2D eigenvalue weighted by atomic mass is 32.3. The summed E-state index contributed by atoms with van der Waals surface area (Å²) in [6, 6.07) is -1.63. The van der Waals surface area contributed by atoms with Crippen molar-refractivity contribution in [2.24, 2.45) is 0 Å². The van der Waals surface area contributed by atoms with Gasteiger partial charge < -0.3 is 20.1 Å². The van der Waals surface area contributed by atoms with Gasteiger partial charge in [-0.15, -0.1) is 4.28 Å². The van der Waals surface area contributed by atoms with Gasteiger partial charge in [0, 0.05) is 31.7 Å². The molecule has 4 heterocycles. The Morgan fingerprint density at radius 3 is 2.53 bits per heavy atom. The summed E-state index contributed by atoms with van der Waals surface area (Å²) in [4.78, 5) is 42.5. The van der Waals surface area contributed by atoms with Crippen LogP contribution >= 0.6 is 0 Å². The van der Waals surface area contributed by atoms with Crippen molar-refractivity contribution in [2.45, 2.75) is 49.6 Å². The van der Waals surface area contributed by atoms with E-state index in [2.05, 4.69) is 20.0 Å². The van der Waals surface area contributed by atoms with E-state index in [-0.39, 0.29) is 19.2 Å². The highest BCUT2D eigenvalue weighted by molar-refractivity contribution is 7.80. The first kappa shape index (κ1) is 28.3. The molecule has 4 aliphatic heterocycles. The second-order valence-electron chi connectivity index (χ2n) is 8.43. The zero-order valence-electron chi connectivity index (χ0n) is 18.7. The van der Waals surface area contributed by atoms with Crippen LogP contribution in [0.3, 0.4) is 0 Å². The van der Waals surface area contributed by atoms with Crippen LogP contribution in [0.15, 0.2) is 0 Å². The van der Waals surface area contributed by atoms with Crippen molar-refractivity contribution >= 4 is 28.3 Å². The Hall–Kier alpha value is -2.29. The number of hydrogen-bond donors (Lipinski definition) is 4. The number of carboxylic acids is 1. The molecule has 3 amide bonds. The molecule has 0 unspecified atom stereocenters.